The predicted octanol–water partition coefficient (Wildman–Crippen LogP) is 4.35. The maximum Gasteiger partial charge on any atom is 0.311 e. The van der Waals surface area contributed by atoms with Crippen molar-refractivity contribution < 1.29 is 38.0 Å². The number of rotatable bonds is 10. The van der Waals surface area contributed by atoms with Crippen molar-refractivity contribution in [1.82, 2.24) is 0 Å². The zero-order valence-electron chi connectivity index (χ0n) is 19.2. The maximum atomic E-state index is 12.8. The molecular weight excluding hydrogens is 428 g/mol. The second-order valence-corrected chi connectivity index (χ2v) is 7.78. The minimum Gasteiger partial charge on any atom is -0.496 e. The fraction of sp³-hybridized carbons (Fsp3) is 0.360. The Morgan fingerprint density at radius 1 is 0.606 bits per heavy atom. The first-order valence-corrected chi connectivity index (χ1v) is 10.4. The molecule has 2 aromatic rings. The lowest BCUT2D eigenvalue weighted by Crippen LogP contribution is -2.29. The minimum atomic E-state index is -0.611. The summed E-state index contributed by atoms with van der Waals surface area (Å²) in [5.74, 6) is 1.73. The molecular formula is C25H28O8. The molecule has 8 heteroatoms. The molecule has 0 N–H and O–H groups in total. The Bertz CT molecular complexity index is 901. The number of benzene rings is 2. The van der Waals surface area contributed by atoms with Crippen molar-refractivity contribution in [3.8, 4) is 34.5 Å². The van der Waals surface area contributed by atoms with Gasteiger partial charge in [0.1, 0.15) is 34.5 Å². The van der Waals surface area contributed by atoms with Gasteiger partial charge in [-0.1, -0.05) is 12.2 Å². The molecule has 2 aromatic carbocycles. The van der Waals surface area contributed by atoms with Crippen molar-refractivity contribution in [1.29, 1.82) is 0 Å². The van der Waals surface area contributed by atoms with Crippen molar-refractivity contribution in [2.24, 2.45) is 5.41 Å². The third-order valence-corrected chi connectivity index (χ3v) is 5.42. The first-order valence-electron chi connectivity index (χ1n) is 10.4. The van der Waals surface area contributed by atoms with Gasteiger partial charge in [-0.3, -0.25) is 9.59 Å². The summed E-state index contributed by atoms with van der Waals surface area (Å²) < 4.78 is 31.9. The smallest absolute Gasteiger partial charge is 0.311 e. The molecule has 0 aliphatic heterocycles. The average Bonchev–Trinajstić information content (AvgIpc) is 3.25. The largest absolute Gasteiger partial charge is 0.496 e. The number of ether oxygens (including phenoxy) is 6. The highest BCUT2D eigenvalue weighted by Crippen LogP contribution is 2.41. The van der Waals surface area contributed by atoms with Gasteiger partial charge in [0.05, 0.1) is 41.3 Å². The highest BCUT2D eigenvalue weighted by molar-refractivity contribution is 5.77. The molecule has 0 fully saturated rings. The second kappa shape index (κ2) is 10.8. The van der Waals surface area contributed by atoms with Crippen LogP contribution in [0.1, 0.15) is 25.7 Å². The molecule has 0 saturated heterocycles. The van der Waals surface area contributed by atoms with Crippen molar-refractivity contribution in [2.75, 3.05) is 28.4 Å². The molecule has 0 radical (unpaired) electrons. The van der Waals surface area contributed by atoms with Crippen LogP contribution in [0.4, 0.5) is 0 Å². The zero-order valence-corrected chi connectivity index (χ0v) is 19.2. The molecule has 3 rings (SSSR count). The van der Waals surface area contributed by atoms with Crippen LogP contribution in [-0.2, 0) is 9.59 Å². The Labute approximate surface area is 193 Å². The third-order valence-electron chi connectivity index (χ3n) is 5.42. The molecule has 33 heavy (non-hydrogen) atoms. The summed E-state index contributed by atoms with van der Waals surface area (Å²) in [6.07, 6.45) is 5.17. The van der Waals surface area contributed by atoms with Gasteiger partial charge in [0, 0.05) is 36.4 Å². The van der Waals surface area contributed by atoms with E-state index in [0.717, 1.165) is 0 Å². The first kappa shape index (κ1) is 24.0. The molecule has 0 bridgehead atoms. The number of hydrogen-bond donors (Lipinski definition) is 0. The summed E-state index contributed by atoms with van der Waals surface area (Å²) >= 11 is 0. The number of allylic oxidation sites excluding steroid dienone is 2. The SMILES string of the molecule is COc1cc(OC)cc(OC(=O)CC2(CC(=O)Oc3cc(OC)cc(OC)c3)CC=CC2)c1. The van der Waals surface area contributed by atoms with Gasteiger partial charge < -0.3 is 28.4 Å². The summed E-state index contributed by atoms with van der Waals surface area (Å²) in [6.45, 7) is 0. The summed E-state index contributed by atoms with van der Waals surface area (Å²) in [4.78, 5) is 25.5. The lowest BCUT2D eigenvalue weighted by molar-refractivity contribution is -0.140. The predicted molar refractivity (Wildman–Crippen MR) is 120 cm³/mol. The first-order chi connectivity index (χ1) is 15.9. The summed E-state index contributed by atoms with van der Waals surface area (Å²) in [5, 5.41) is 0. The zero-order chi connectivity index (χ0) is 23.8. The fourth-order valence-corrected chi connectivity index (χ4v) is 3.73. The number of hydrogen-bond acceptors (Lipinski definition) is 8. The van der Waals surface area contributed by atoms with Gasteiger partial charge in [-0.15, -0.1) is 0 Å². The van der Waals surface area contributed by atoms with Gasteiger partial charge in [-0.25, -0.2) is 0 Å². The van der Waals surface area contributed by atoms with Gasteiger partial charge >= 0.3 is 11.9 Å². The monoisotopic (exact) mass is 456 g/mol. The molecule has 1 aliphatic rings. The van der Waals surface area contributed by atoms with Crippen molar-refractivity contribution in [2.45, 2.75) is 25.7 Å². The van der Waals surface area contributed by atoms with E-state index < -0.39 is 17.4 Å². The average molecular weight is 456 g/mol. The number of carbonyl (C=O) groups is 2. The Kier molecular flexibility index (Phi) is 7.82. The molecule has 0 unspecified atom stereocenters. The maximum absolute atomic E-state index is 12.8. The van der Waals surface area contributed by atoms with Crippen LogP contribution in [0.3, 0.4) is 0 Å². The van der Waals surface area contributed by atoms with Crippen LogP contribution in [0.2, 0.25) is 0 Å². The van der Waals surface area contributed by atoms with Crippen molar-refractivity contribution in [3.63, 3.8) is 0 Å². The van der Waals surface area contributed by atoms with Crippen LogP contribution in [0.5, 0.6) is 34.5 Å². The van der Waals surface area contributed by atoms with Gasteiger partial charge in [0.2, 0.25) is 0 Å². The molecule has 1 aliphatic carbocycles. The molecule has 0 atom stereocenters. The Hall–Kier alpha value is -3.68. The number of carbonyl (C=O) groups excluding carboxylic acids is 2. The van der Waals surface area contributed by atoms with E-state index in [2.05, 4.69) is 0 Å². The van der Waals surface area contributed by atoms with Crippen LogP contribution in [0.15, 0.2) is 48.6 Å². The molecule has 0 amide bonds. The van der Waals surface area contributed by atoms with E-state index in [1.54, 1.807) is 36.4 Å². The highest BCUT2D eigenvalue weighted by Gasteiger charge is 2.37. The van der Waals surface area contributed by atoms with Crippen LogP contribution in [0.25, 0.3) is 0 Å². The second-order valence-electron chi connectivity index (χ2n) is 7.78. The van der Waals surface area contributed by atoms with E-state index in [4.69, 9.17) is 28.4 Å². The molecule has 0 spiro atoms. The van der Waals surface area contributed by atoms with E-state index >= 15 is 0 Å². The molecule has 0 aromatic heterocycles. The van der Waals surface area contributed by atoms with Crippen molar-refractivity contribution >= 4 is 11.9 Å². The van der Waals surface area contributed by atoms with Gasteiger partial charge in [0.15, 0.2) is 0 Å². The molecule has 176 valence electrons. The van der Waals surface area contributed by atoms with E-state index in [9.17, 15) is 9.59 Å². The van der Waals surface area contributed by atoms with Crippen LogP contribution < -0.4 is 28.4 Å². The van der Waals surface area contributed by atoms with Crippen LogP contribution >= 0.6 is 0 Å². The summed E-state index contributed by atoms with van der Waals surface area (Å²) in [5.41, 5.74) is -0.611. The summed E-state index contributed by atoms with van der Waals surface area (Å²) in [7, 11) is 6.07. The van der Waals surface area contributed by atoms with Crippen LogP contribution in [0, 0.1) is 5.41 Å². The fourth-order valence-electron chi connectivity index (χ4n) is 3.73. The number of methoxy groups -OCH3 is 4. The summed E-state index contributed by atoms with van der Waals surface area (Å²) in [6, 6.07) is 9.77. The number of esters is 2. The van der Waals surface area contributed by atoms with E-state index in [-0.39, 0.29) is 12.8 Å². The molecule has 0 saturated carbocycles. The van der Waals surface area contributed by atoms with Crippen LogP contribution in [-0.4, -0.2) is 40.4 Å². The van der Waals surface area contributed by atoms with E-state index in [0.29, 0.717) is 47.3 Å². The van der Waals surface area contributed by atoms with Gasteiger partial charge in [-0.05, 0) is 18.3 Å². The Morgan fingerprint density at radius 3 is 1.21 bits per heavy atom. The quantitative estimate of drug-likeness (QED) is 0.296. The minimum absolute atomic E-state index is 0.0516. The standard InChI is InChI=1S/C25H28O8/c1-28-17-9-18(29-2)12-21(11-17)32-23(26)15-25(7-5-6-8-25)16-24(27)33-22-13-19(30-3)10-20(14-22)31-4/h5-6,9-14H,7-8,15-16H2,1-4H3. The lowest BCUT2D eigenvalue weighted by Gasteiger charge is -2.26. The Morgan fingerprint density at radius 2 is 0.909 bits per heavy atom. The highest BCUT2D eigenvalue weighted by atomic mass is 16.5. The molecule has 0 heterocycles. The lowest BCUT2D eigenvalue weighted by atomic mass is 9.79. The topological polar surface area (TPSA) is 89.5 Å². The van der Waals surface area contributed by atoms with E-state index in [1.807, 2.05) is 12.2 Å². The van der Waals surface area contributed by atoms with Gasteiger partial charge in [-0.2, -0.15) is 0 Å². The normalized spacial score (nSPS) is 13.8. The molecule has 8 nitrogen and oxygen atoms in total. The van der Waals surface area contributed by atoms with Crippen molar-refractivity contribution in [3.05, 3.63) is 48.6 Å². The van der Waals surface area contributed by atoms with Gasteiger partial charge in [0.25, 0.3) is 0 Å². The van der Waals surface area contributed by atoms with E-state index in [1.165, 1.54) is 28.4 Å². The third kappa shape index (κ3) is 6.41. The Balaban J connectivity index is 1.68.